The SMILES string of the molecule is Fc1cccc(C#Cc2ncccn2)c1. The summed E-state index contributed by atoms with van der Waals surface area (Å²) in [6.45, 7) is 0. The fourth-order valence-electron chi connectivity index (χ4n) is 1.06. The van der Waals surface area contributed by atoms with Crippen molar-refractivity contribution in [1.29, 1.82) is 0 Å². The third-order valence-corrected chi connectivity index (χ3v) is 1.71. The number of nitrogens with zero attached hydrogens (tertiary/aromatic N) is 2. The molecule has 2 aromatic rings. The van der Waals surface area contributed by atoms with Crippen molar-refractivity contribution < 1.29 is 4.39 Å². The highest BCUT2D eigenvalue weighted by atomic mass is 19.1. The monoisotopic (exact) mass is 198 g/mol. The summed E-state index contributed by atoms with van der Waals surface area (Å²) < 4.78 is 12.8. The van der Waals surface area contributed by atoms with Crippen LogP contribution < -0.4 is 0 Å². The zero-order chi connectivity index (χ0) is 10.5. The van der Waals surface area contributed by atoms with Gasteiger partial charge in [-0.05, 0) is 30.2 Å². The lowest BCUT2D eigenvalue weighted by molar-refractivity contribution is 0.627. The summed E-state index contributed by atoms with van der Waals surface area (Å²) in [6.07, 6.45) is 3.23. The van der Waals surface area contributed by atoms with Gasteiger partial charge in [0.1, 0.15) is 5.82 Å². The summed E-state index contributed by atoms with van der Waals surface area (Å²) in [6, 6.07) is 7.82. The zero-order valence-corrected chi connectivity index (χ0v) is 7.81. The van der Waals surface area contributed by atoms with E-state index in [1.165, 1.54) is 12.1 Å². The van der Waals surface area contributed by atoms with Crippen LogP contribution in [0.1, 0.15) is 11.4 Å². The normalized spacial score (nSPS) is 9.13. The molecule has 0 fully saturated rings. The first kappa shape index (κ1) is 9.35. The van der Waals surface area contributed by atoms with Crippen LogP contribution in [0.2, 0.25) is 0 Å². The van der Waals surface area contributed by atoms with Crippen LogP contribution in [0.5, 0.6) is 0 Å². The Bertz CT molecular complexity index is 512. The molecule has 72 valence electrons. The maximum atomic E-state index is 12.8. The molecule has 0 aliphatic carbocycles. The average molecular weight is 198 g/mol. The molecule has 0 atom stereocenters. The molecule has 0 radical (unpaired) electrons. The molecule has 0 bridgehead atoms. The number of hydrogen-bond acceptors (Lipinski definition) is 2. The van der Waals surface area contributed by atoms with E-state index in [1.807, 2.05) is 0 Å². The summed E-state index contributed by atoms with van der Waals surface area (Å²) in [5.74, 6) is 5.67. The Morgan fingerprint density at radius 2 is 1.80 bits per heavy atom. The Kier molecular flexibility index (Phi) is 2.70. The van der Waals surface area contributed by atoms with Gasteiger partial charge in [-0.2, -0.15) is 0 Å². The molecule has 0 unspecified atom stereocenters. The van der Waals surface area contributed by atoms with Crippen molar-refractivity contribution in [2.45, 2.75) is 0 Å². The molecule has 0 spiro atoms. The second-order valence-corrected chi connectivity index (χ2v) is 2.83. The van der Waals surface area contributed by atoms with Gasteiger partial charge in [0, 0.05) is 18.0 Å². The molecule has 1 aromatic carbocycles. The van der Waals surface area contributed by atoms with Crippen LogP contribution in [0.4, 0.5) is 4.39 Å². The van der Waals surface area contributed by atoms with E-state index in [2.05, 4.69) is 21.8 Å². The van der Waals surface area contributed by atoms with Crippen molar-refractivity contribution in [2.75, 3.05) is 0 Å². The number of benzene rings is 1. The molecular formula is C12H7FN2. The van der Waals surface area contributed by atoms with E-state index in [0.29, 0.717) is 11.4 Å². The average Bonchev–Trinajstić information content (AvgIpc) is 2.28. The lowest BCUT2D eigenvalue weighted by atomic mass is 10.2. The zero-order valence-electron chi connectivity index (χ0n) is 7.81. The predicted octanol–water partition coefficient (Wildman–Crippen LogP) is 2.02. The van der Waals surface area contributed by atoms with Gasteiger partial charge in [-0.25, -0.2) is 14.4 Å². The Labute approximate surface area is 86.8 Å². The van der Waals surface area contributed by atoms with E-state index < -0.39 is 0 Å². The standard InChI is InChI=1S/C12H7FN2/c13-11-4-1-3-10(9-11)5-6-12-14-7-2-8-15-12/h1-4,7-9H. The quantitative estimate of drug-likeness (QED) is 0.605. The molecule has 15 heavy (non-hydrogen) atoms. The van der Waals surface area contributed by atoms with Crippen LogP contribution in [-0.4, -0.2) is 9.97 Å². The molecule has 0 aliphatic rings. The third kappa shape index (κ3) is 2.61. The first-order valence-corrected chi connectivity index (χ1v) is 4.39. The largest absolute Gasteiger partial charge is 0.229 e. The van der Waals surface area contributed by atoms with Crippen LogP contribution in [0.3, 0.4) is 0 Å². The minimum absolute atomic E-state index is 0.296. The smallest absolute Gasteiger partial charge is 0.205 e. The summed E-state index contributed by atoms with van der Waals surface area (Å²) in [5, 5.41) is 0. The van der Waals surface area contributed by atoms with E-state index in [9.17, 15) is 4.39 Å². The maximum Gasteiger partial charge on any atom is 0.205 e. The fraction of sp³-hybridized carbons (Fsp3) is 0. The van der Waals surface area contributed by atoms with Crippen molar-refractivity contribution >= 4 is 0 Å². The number of halogens is 1. The number of hydrogen-bond donors (Lipinski definition) is 0. The van der Waals surface area contributed by atoms with E-state index in [1.54, 1.807) is 30.6 Å². The molecular weight excluding hydrogens is 191 g/mol. The van der Waals surface area contributed by atoms with E-state index >= 15 is 0 Å². The number of aromatic nitrogens is 2. The lowest BCUT2D eigenvalue weighted by Crippen LogP contribution is -1.85. The summed E-state index contributed by atoms with van der Waals surface area (Å²) >= 11 is 0. The third-order valence-electron chi connectivity index (χ3n) is 1.71. The van der Waals surface area contributed by atoms with E-state index in [-0.39, 0.29) is 5.82 Å². The van der Waals surface area contributed by atoms with Crippen molar-refractivity contribution in [3.8, 4) is 11.8 Å². The highest BCUT2D eigenvalue weighted by Gasteiger charge is 1.90. The van der Waals surface area contributed by atoms with Crippen molar-refractivity contribution in [2.24, 2.45) is 0 Å². The van der Waals surface area contributed by atoms with Gasteiger partial charge in [0.25, 0.3) is 0 Å². The van der Waals surface area contributed by atoms with Crippen molar-refractivity contribution in [3.63, 3.8) is 0 Å². The molecule has 3 heteroatoms. The highest BCUT2D eigenvalue weighted by molar-refractivity contribution is 5.37. The van der Waals surface area contributed by atoms with E-state index in [0.717, 1.165) is 0 Å². The van der Waals surface area contributed by atoms with Gasteiger partial charge in [-0.3, -0.25) is 0 Å². The lowest BCUT2D eigenvalue weighted by Gasteiger charge is -1.89. The molecule has 0 aliphatic heterocycles. The van der Waals surface area contributed by atoms with Gasteiger partial charge >= 0.3 is 0 Å². The summed E-state index contributed by atoms with van der Waals surface area (Å²) in [7, 11) is 0. The number of rotatable bonds is 0. The molecule has 0 saturated carbocycles. The summed E-state index contributed by atoms with van der Waals surface area (Å²) in [4.78, 5) is 7.88. The first-order chi connectivity index (χ1) is 7.34. The Morgan fingerprint density at radius 3 is 2.53 bits per heavy atom. The van der Waals surface area contributed by atoms with Crippen LogP contribution in [-0.2, 0) is 0 Å². The summed E-state index contributed by atoms with van der Waals surface area (Å²) in [5.41, 5.74) is 0.613. The first-order valence-electron chi connectivity index (χ1n) is 4.39. The molecule has 0 N–H and O–H groups in total. The molecule has 1 aromatic heterocycles. The Morgan fingerprint density at radius 1 is 1.00 bits per heavy atom. The van der Waals surface area contributed by atoms with E-state index in [4.69, 9.17) is 0 Å². The Hall–Kier alpha value is -2.21. The minimum Gasteiger partial charge on any atom is -0.229 e. The topological polar surface area (TPSA) is 25.8 Å². The minimum atomic E-state index is -0.296. The van der Waals surface area contributed by atoms with Crippen LogP contribution in [0.15, 0.2) is 42.7 Å². The second-order valence-electron chi connectivity index (χ2n) is 2.83. The van der Waals surface area contributed by atoms with Gasteiger partial charge in [-0.15, -0.1) is 0 Å². The van der Waals surface area contributed by atoms with Gasteiger partial charge in [0.05, 0.1) is 0 Å². The molecule has 0 saturated heterocycles. The van der Waals surface area contributed by atoms with Gasteiger partial charge in [0.15, 0.2) is 0 Å². The maximum absolute atomic E-state index is 12.8. The Balaban J connectivity index is 2.26. The molecule has 1 heterocycles. The van der Waals surface area contributed by atoms with Crippen LogP contribution in [0.25, 0.3) is 0 Å². The van der Waals surface area contributed by atoms with Gasteiger partial charge < -0.3 is 0 Å². The van der Waals surface area contributed by atoms with Crippen molar-refractivity contribution in [1.82, 2.24) is 9.97 Å². The molecule has 2 rings (SSSR count). The van der Waals surface area contributed by atoms with Crippen LogP contribution >= 0.6 is 0 Å². The van der Waals surface area contributed by atoms with Gasteiger partial charge in [0.2, 0.25) is 5.82 Å². The highest BCUT2D eigenvalue weighted by Crippen LogP contribution is 2.01. The molecule has 0 amide bonds. The van der Waals surface area contributed by atoms with Crippen LogP contribution in [0, 0.1) is 17.7 Å². The second kappa shape index (κ2) is 4.34. The van der Waals surface area contributed by atoms with Gasteiger partial charge in [-0.1, -0.05) is 12.0 Å². The molecule has 2 nitrogen and oxygen atoms in total. The fourth-order valence-corrected chi connectivity index (χ4v) is 1.06. The predicted molar refractivity (Wildman–Crippen MR) is 54.4 cm³/mol. The van der Waals surface area contributed by atoms with Crippen molar-refractivity contribution in [3.05, 3.63) is 59.9 Å².